The first-order valence-corrected chi connectivity index (χ1v) is 7.36. The summed E-state index contributed by atoms with van der Waals surface area (Å²) in [7, 11) is 6.00. The topological polar surface area (TPSA) is 66.0 Å². The minimum Gasteiger partial charge on any atom is -0.496 e. The molecule has 0 unspecified atom stereocenters. The van der Waals surface area contributed by atoms with Crippen molar-refractivity contribution in [3.63, 3.8) is 0 Å². The van der Waals surface area contributed by atoms with Crippen molar-refractivity contribution in [3.05, 3.63) is 40.9 Å². The Labute approximate surface area is 145 Å². The fourth-order valence-electron chi connectivity index (χ4n) is 2.21. The Balaban J connectivity index is 2.37. The Morgan fingerprint density at radius 1 is 0.875 bits per heavy atom. The highest BCUT2D eigenvalue weighted by atomic mass is 35.5. The second-order valence-electron chi connectivity index (χ2n) is 4.71. The maximum absolute atomic E-state index is 12.5. The van der Waals surface area contributed by atoms with Gasteiger partial charge in [0, 0.05) is 22.8 Å². The number of anilines is 1. The molecule has 1 amide bonds. The quantitative estimate of drug-likeness (QED) is 0.860. The van der Waals surface area contributed by atoms with Crippen molar-refractivity contribution in [3.8, 4) is 23.0 Å². The number of nitrogens with one attached hydrogen (secondary N) is 1. The fraction of sp³-hybridized carbons (Fsp3) is 0.235. The number of hydrogen-bond donors (Lipinski definition) is 1. The predicted molar refractivity (Wildman–Crippen MR) is 92.1 cm³/mol. The molecule has 0 saturated heterocycles. The van der Waals surface area contributed by atoms with E-state index in [1.807, 2.05) is 0 Å². The third-order valence-electron chi connectivity index (χ3n) is 3.33. The van der Waals surface area contributed by atoms with Crippen LogP contribution in [0.5, 0.6) is 23.0 Å². The summed E-state index contributed by atoms with van der Waals surface area (Å²) in [4.78, 5) is 12.5. The van der Waals surface area contributed by atoms with Gasteiger partial charge in [0.2, 0.25) is 5.75 Å². The van der Waals surface area contributed by atoms with Crippen molar-refractivity contribution in [1.29, 1.82) is 0 Å². The average Bonchev–Trinajstić information content (AvgIpc) is 2.60. The zero-order valence-electron chi connectivity index (χ0n) is 13.8. The molecule has 0 aliphatic carbocycles. The van der Waals surface area contributed by atoms with Crippen LogP contribution in [0.25, 0.3) is 0 Å². The molecule has 0 saturated carbocycles. The fourth-order valence-corrected chi connectivity index (χ4v) is 2.38. The second kappa shape index (κ2) is 7.79. The van der Waals surface area contributed by atoms with Crippen LogP contribution in [0.2, 0.25) is 5.02 Å². The first-order chi connectivity index (χ1) is 11.5. The molecule has 0 aromatic heterocycles. The lowest BCUT2D eigenvalue weighted by atomic mass is 10.1. The molecule has 128 valence electrons. The van der Waals surface area contributed by atoms with E-state index >= 15 is 0 Å². The van der Waals surface area contributed by atoms with Crippen LogP contribution in [0, 0.1) is 0 Å². The van der Waals surface area contributed by atoms with Crippen molar-refractivity contribution >= 4 is 23.2 Å². The molecule has 2 aromatic rings. The molecule has 0 spiro atoms. The van der Waals surface area contributed by atoms with Gasteiger partial charge in [0.05, 0.1) is 34.0 Å². The molecule has 1 N–H and O–H groups in total. The van der Waals surface area contributed by atoms with E-state index in [9.17, 15) is 4.79 Å². The Morgan fingerprint density at radius 3 is 1.96 bits per heavy atom. The lowest BCUT2D eigenvalue weighted by Gasteiger charge is -2.15. The molecule has 0 bridgehead atoms. The van der Waals surface area contributed by atoms with Gasteiger partial charge in [0.1, 0.15) is 5.75 Å². The number of carbonyl (C=O) groups is 1. The summed E-state index contributed by atoms with van der Waals surface area (Å²) in [5, 5.41) is 3.20. The van der Waals surface area contributed by atoms with Gasteiger partial charge >= 0.3 is 0 Å². The Kier molecular flexibility index (Phi) is 5.76. The zero-order valence-corrected chi connectivity index (χ0v) is 14.6. The van der Waals surface area contributed by atoms with E-state index in [0.29, 0.717) is 39.3 Å². The normalized spacial score (nSPS) is 10.0. The SMILES string of the molecule is COc1ccc(Cl)cc1C(=O)Nc1cc(OC)c(OC)c(OC)c1. The van der Waals surface area contributed by atoms with Crippen molar-refractivity contribution in [2.75, 3.05) is 33.8 Å². The molecule has 0 aliphatic heterocycles. The molecular formula is C17H18ClNO5. The van der Waals surface area contributed by atoms with E-state index < -0.39 is 0 Å². The van der Waals surface area contributed by atoms with E-state index in [0.717, 1.165) is 0 Å². The molecule has 24 heavy (non-hydrogen) atoms. The zero-order chi connectivity index (χ0) is 17.7. The van der Waals surface area contributed by atoms with E-state index in [1.165, 1.54) is 34.5 Å². The number of benzene rings is 2. The van der Waals surface area contributed by atoms with Gasteiger partial charge in [-0.25, -0.2) is 0 Å². The maximum Gasteiger partial charge on any atom is 0.259 e. The lowest BCUT2D eigenvalue weighted by Crippen LogP contribution is -2.13. The maximum atomic E-state index is 12.5. The molecule has 0 heterocycles. The minimum atomic E-state index is -0.372. The summed E-state index contributed by atoms with van der Waals surface area (Å²) >= 11 is 5.96. The molecule has 0 atom stereocenters. The van der Waals surface area contributed by atoms with Crippen LogP contribution in [0.15, 0.2) is 30.3 Å². The van der Waals surface area contributed by atoms with Gasteiger partial charge in [0.25, 0.3) is 5.91 Å². The Morgan fingerprint density at radius 2 is 1.46 bits per heavy atom. The number of ether oxygens (including phenoxy) is 4. The van der Waals surface area contributed by atoms with E-state index in [-0.39, 0.29) is 5.91 Å². The molecule has 0 aliphatic rings. The highest BCUT2D eigenvalue weighted by molar-refractivity contribution is 6.31. The number of rotatable bonds is 6. The molecular weight excluding hydrogens is 334 g/mol. The second-order valence-corrected chi connectivity index (χ2v) is 5.15. The van der Waals surface area contributed by atoms with Crippen LogP contribution in [0.4, 0.5) is 5.69 Å². The van der Waals surface area contributed by atoms with Gasteiger partial charge in [-0.05, 0) is 18.2 Å². The highest BCUT2D eigenvalue weighted by Gasteiger charge is 2.17. The van der Waals surface area contributed by atoms with Crippen LogP contribution < -0.4 is 24.3 Å². The average molecular weight is 352 g/mol. The van der Waals surface area contributed by atoms with Crippen LogP contribution in [-0.2, 0) is 0 Å². The summed E-state index contributed by atoms with van der Waals surface area (Å²) in [6.45, 7) is 0. The summed E-state index contributed by atoms with van der Waals surface area (Å²) in [6.07, 6.45) is 0. The molecule has 6 nitrogen and oxygen atoms in total. The Hall–Kier alpha value is -2.60. The van der Waals surface area contributed by atoms with Crippen molar-refractivity contribution in [1.82, 2.24) is 0 Å². The van der Waals surface area contributed by atoms with Crippen LogP contribution in [0.1, 0.15) is 10.4 Å². The highest BCUT2D eigenvalue weighted by Crippen LogP contribution is 2.40. The molecule has 7 heteroatoms. The standard InChI is InChI=1S/C17H18ClNO5/c1-21-13-6-5-10(18)7-12(13)17(20)19-11-8-14(22-2)16(24-4)15(9-11)23-3/h5-9H,1-4H3,(H,19,20). The van der Waals surface area contributed by atoms with Gasteiger partial charge in [-0.3, -0.25) is 4.79 Å². The summed E-state index contributed by atoms with van der Waals surface area (Å²) in [6, 6.07) is 8.09. The van der Waals surface area contributed by atoms with Gasteiger partial charge in [-0.1, -0.05) is 11.6 Å². The number of methoxy groups -OCH3 is 4. The molecule has 0 radical (unpaired) electrons. The van der Waals surface area contributed by atoms with Gasteiger partial charge < -0.3 is 24.3 Å². The third kappa shape index (κ3) is 3.65. The number of carbonyl (C=O) groups excluding carboxylic acids is 1. The monoisotopic (exact) mass is 351 g/mol. The summed E-state index contributed by atoms with van der Waals surface area (Å²) < 4.78 is 21.0. The van der Waals surface area contributed by atoms with E-state index in [1.54, 1.807) is 24.3 Å². The van der Waals surface area contributed by atoms with Crippen molar-refractivity contribution in [2.24, 2.45) is 0 Å². The Bertz CT molecular complexity index is 723. The first-order valence-electron chi connectivity index (χ1n) is 6.99. The smallest absolute Gasteiger partial charge is 0.259 e. The van der Waals surface area contributed by atoms with Crippen LogP contribution in [0.3, 0.4) is 0 Å². The number of hydrogen-bond acceptors (Lipinski definition) is 5. The van der Waals surface area contributed by atoms with Crippen LogP contribution in [-0.4, -0.2) is 34.3 Å². The van der Waals surface area contributed by atoms with Crippen molar-refractivity contribution < 1.29 is 23.7 Å². The summed E-state index contributed by atoms with van der Waals surface area (Å²) in [5.74, 6) is 1.36. The molecule has 2 aromatic carbocycles. The predicted octanol–water partition coefficient (Wildman–Crippen LogP) is 3.63. The molecule has 0 fully saturated rings. The first kappa shape index (κ1) is 17.7. The van der Waals surface area contributed by atoms with Crippen LogP contribution >= 0.6 is 11.6 Å². The molecule has 2 rings (SSSR count). The van der Waals surface area contributed by atoms with Gasteiger partial charge in [0.15, 0.2) is 11.5 Å². The number of halogens is 1. The lowest BCUT2D eigenvalue weighted by molar-refractivity contribution is 0.102. The minimum absolute atomic E-state index is 0.318. The summed E-state index contributed by atoms with van der Waals surface area (Å²) in [5.41, 5.74) is 0.801. The van der Waals surface area contributed by atoms with Gasteiger partial charge in [-0.15, -0.1) is 0 Å². The van der Waals surface area contributed by atoms with Gasteiger partial charge in [-0.2, -0.15) is 0 Å². The largest absolute Gasteiger partial charge is 0.496 e. The third-order valence-corrected chi connectivity index (χ3v) is 3.56. The number of amides is 1. The van der Waals surface area contributed by atoms with E-state index in [4.69, 9.17) is 30.5 Å². The van der Waals surface area contributed by atoms with Crippen molar-refractivity contribution in [2.45, 2.75) is 0 Å². The van der Waals surface area contributed by atoms with E-state index in [2.05, 4.69) is 5.32 Å².